The first-order valence-electron chi connectivity index (χ1n) is 8.01. The van der Waals surface area contributed by atoms with Gasteiger partial charge < -0.3 is 15.1 Å². The van der Waals surface area contributed by atoms with Crippen LogP contribution in [0.25, 0.3) is 0 Å². The Balaban J connectivity index is 0.00000288. The van der Waals surface area contributed by atoms with Gasteiger partial charge in [0.25, 0.3) is 0 Å². The molecule has 0 amide bonds. The average Bonchev–Trinajstić information content (AvgIpc) is 3.12. The van der Waals surface area contributed by atoms with Gasteiger partial charge >= 0.3 is 0 Å². The van der Waals surface area contributed by atoms with Crippen molar-refractivity contribution < 1.29 is 4.42 Å². The minimum Gasteiger partial charge on any atom is -0.444 e. The van der Waals surface area contributed by atoms with E-state index in [9.17, 15) is 0 Å². The van der Waals surface area contributed by atoms with Crippen molar-refractivity contribution in [2.75, 3.05) is 13.1 Å². The fraction of sp³-hybridized carbons (Fsp3) is 0.562. The van der Waals surface area contributed by atoms with Crippen molar-refractivity contribution in [1.82, 2.24) is 20.6 Å². The predicted octanol–water partition coefficient (Wildman–Crippen LogP) is 3.23. The van der Waals surface area contributed by atoms with E-state index in [0.29, 0.717) is 12.4 Å². The summed E-state index contributed by atoms with van der Waals surface area (Å²) in [4.78, 5) is 14.6. The summed E-state index contributed by atoms with van der Waals surface area (Å²) in [5.74, 6) is 2.27. The average molecular weight is 463 g/mol. The summed E-state index contributed by atoms with van der Waals surface area (Å²) in [6.07, 6.45) is 3.91. The van der Waals surface area contributed by atoms with E-state index in [0.717, 1.165) is 48.4 Å². The van der Waals surface area contributed by atoms with Gasteiger partial charge in [0.1, 0.15) is 12.3 Å². The Hall–Kier alpha value is -1.16. The smallest absolute Gasteiger partial charge is 0.216 e. The maximum Gasteiger partial charge on any atom is 0.216 e. The van der Waals surface area contributed by atoms with Crippen LogP contribution in [0.2, 0.25) is 0 Å². The van der Waals surface area contributed by atoms with Gasteiger partial charge in [0, 0.05) is 30.6 Å². The van der Waals surface area contributed by atoms with E-state index in [1.54, 1.807) is 11.3 Å². The minimum absolute atomic E-state index is 0. The summed E-state index contributed by atoms with van der Waals surface area (Å²) < 4.78 is 5.55. The number of halogens is 1. The molecule has 0 aliphatic heterocycles. The molecule has 2 N–H and O–H groups in total. The normalized spacial score (nSPS) is 11.2. The Bertz CT molecular complexity index is 633. The highest BCUT2D eigenvalue weighted by Crippen LogP contribution is 2.13. The van der Waals surface area contributed by atoms with E-state index in [4.69, 9.17) is 4.42 Å². The van der Waals surface area contributed by atoms with Crippen molar-refractivity contribution in [3.63, 3.8) is 0 Å². The zero-order valence-electron chi connectivity index (χ0n) is 14.7. The van der Waals surface area contributed by atoms with Crippen molar-refractivity contribution >= 4 is 41.3 Å². The van der Waals surface area contributed by atoms with Crippen molar-refractivity contribution in [2.24, 2.45) is 4.99 Å². The third-order valence-corrected chi connectivity index (χ3v) is 4.57. The molecule has 0 saturated heterocycles. The number of aryl methyl sites for hydroxylation is 3. The standard InChI is InChI=1S/C16H25N5OS.HI/c1-5-13-9-19-15(23-13)7-8-18-16(17-6-2)20-10-14-21-11(3)12(4)22-14;/h9H,5-8,10H2,1-4H3,(H2,17,18,20);1H. The lowest BCUT2D eigenvalue weighted by molar-refractivity contribution is 0.473. The van der Waals surface area contributed by atoms with E-state index in [1.165, 1.54) is 4.88 Å². The summed E-state index contributed by atoms with van der Waals surface area (Å²) in [6, 6.07) is 0. The van der Waals surface area contributed by atoms with Crippen LogP contribution < -0.4 is 10.6 Å². The van der Waals surface area contributed by atoms with Crippen molar-refractivity contribution in [3.8, 4) is 0 Å². The van der Waals surface area contributed by atoms with E-state index < -0.39 is 0 Å². The number of aliphatic imine (C=N–C) groups is 1. The highest BCUT2D eigenvalue weighted by atomic mass is 127. The van der Waals surface area contributed by atoms with Crippen LogP contribution >= 0.6 is 35.3 Å². The summed E-state index contributed by atoms with van der Waals surface area (Å²) in [6.45, 7) is 10.1. The molecule has 0 atom stereocenters. The second-order valence-electron chi connectivity index (χ2n) is 5.20. The van der Waals surface area contributed by atoms with Crippen LogP contribution in [0.5, 0.6) is 0 Å². The van der Waals surface area contributed by atoms with Crippen LogP contribution in [0.1, 0.15) is 41.1 Å². The number of aromatic nitrogens is 2. The van der Waals surface area contributed by atoms with E-state index >= 15 is 0 Å². The molecular formula is C16H26IN5OS. The van der Waals surface area contributed by atoms with Crippen molar-refractivity contribution in [1.29, 1.82) is 0 Å². The maximum atomic E-state index is 5.55. The van der Waals surface area contributed by atoms with Gasteiger partial charge in [-0.25, -0.2) is 15.0 Å². The Labute approximate surface area is 164 Å². The number of nitrogens with one attached hydrogen (secondary N) is 2. The fourth-order valence-electron chi connectivity index (χ4n) is 2.01. The third kappa shape index (κ3) is 6.39. The number of rotatable bonds is 7. The van der Waals surface area contributed by atoms with Crippen molar-refractivity contribution in [3.05, 3.63) is 33.4 Å². The van der Waals surface area contributed by atoms with Gasteiger partial charge in [0.2, 0.25) is 5.89 Å². The van der Waals surface area contributed by atoms with Gasteiger partial charge in [0.15, 0.2) is 5.96 Å². The molecule has 134 valence electrons. The second kappa shape index (κ2) is 10.7. The minimum atomic E-state index is 0. The van der Waals surface area contributed by atoms with Crippen LogP contribution in [-0.4, -0.2) is 29.0 Å². The lowest BCUT2D eigenvalue weighted by Crippen LogP contribution is -2.38. The van der Waals surface area contributed by atoms with Gasteiger partial charge in [-0.3, -0.25) is 0 Å². The first-order chi connectivity index (χ1) is 11.1. The third-order valence-electron chi connectivity index (χ3n) is 3.37. The molecule has 0 aliphatic carbocycles. The summed E-state index contributed by atoms with van der Waals surface area (Å²) in [5.41, 5.74) is 0.920. The number of nitrogens with zero attached hydrogens (tertiary/aromatic N) is 3. The Kier molecular flexibility index (Phi) is 9.27. The largest absolute Gasteiger partial charge is 0.444 e. The molecule has 0 aromatic carbocycles. The molecular weight excluding hydrogens is 437 g/mol. The molecule has 2 aromatic rings. The molecule has 2 rings (SSSR count). The predicted molar refractivity (Wildman–Crippen MR) is 109 cm³/mol. The van der Waals surface area contributed by atoms with Gasteiger partial charge in [-0.2, -0.15) is 0 Å². The Morgan fingerprint density at radius 2 is 2.08 bits per heavy atom. The summed E-state index contributed by atoms with van der Waals surface area (Å²) in [5, 5.41) is 7.71. The highest BCUT2D eigenvalue weighted by Gasteiger charge is 2.06. The number of oxazole rings is 1. The lowest BCUT2D eigenvalue weighted by atomic mass is 10.4. The van der Waals surface area contributed by atoms with Crippen molar-refractivity contribution in [2.45, 2.75) is 47.1 Å². The second-order valence-corrected chi connectivity index (χ2v) is 6.39. The number of hydrogen-bond acceptors (Lipinski definition) is 5. The summed E-state index contributed by atoms with van der Waals surface area (Å²) in [7, 11) is 0. The molecule has 8 heteroatoms. The zero-order chi connectivity index (χ0) is 16.7. The molecule has 0 unspecified atom stereocenters. The maximum absolute atomic E-state index is 5.55. The monoisotopic (exact) mass is 463 g/mol. The first kappa shape index (κ1) is 20.9. The van der Waals surface area contributed by atoms with Crippen LogP contribution in [0.4, 0.5) is 0 Å². The van der Waals surface area contributed by atoms with Crippen LogP contribution in [-0.2, 0) is 19.4 Å². The molecule has 0 bridgehead atoms. The van der Waals surface area contributed by atoms with Crippen LogP contribution in [0, 0.1) is 13.8 Å². The Morgan fingerprint density at radius 1 is 1.29 bits per heavy atom. The molecule has 0 radical (unpaired) electrons. The topological polar surface area (TPSA) is 75.3 Å². The number of guanidine groups is 1. The van der Waals surface area contributed by atoms with Gasteiger partial charge in [0.05, 0.1) is 10.7 Å². The summed E-state index contributed by atoms with van der Waals surface area (Å²) >= 11 is 1.78. The molecule has 0 aliphatic rings. The van der Waals surface area contributed by atoms with E-state index in [-0.39, 0.29) is 24.0 Å². The zero-order valence-corrected chi connectivity index (χ0v) is 17.8. The molecule has 2 heterocycles. The lowest BCUT2D eigenvalue weighted by Gasteiger charge is -2.09. The quantitative estimate of drug-likeness (QED) is 0.375. The van der Waals surface area contributed by atoms with Gasteiger partial charge in [-0.15, -0.1) is 35.3 Å². The molecule has 0 saturated carbocycles. The first-order valence-corrected chi connectivity index (χ1v) is 8.82. The van der Waals surface area contributed by atoms with Gasteiger partial charge in [-0.1, -0.05) is 6.92 Å². The van der Waals surface area contributed by atoms with Crippen LogP contribution in [0.15, 0.2) is 15.6 Å². The van der Waals surface area contributed by atoms with Crippen LogP contribution in [0.3, 0.4) is 0 Å². The number of thiazole rings is 1. The SMILES string of the molecule is CCNC(=NCc1nc(C)c(C)o1)NCCc1ncc(CC)s1.I. The Morgan fingerprint density at radius 3 is 2.67 bits per heavy atom. The van der Waals surface area contributed by atoms with E-state index in [2.05, 4.69) is 32.5 Å². The number of hydrogen-bond donors (Lipinski definition) is 2. The molecule has 0 fully saturated rings. The highest BCUT2D eigenvalue weighted by molar-refractivity contribution is 14.0. The van der Waals surface area contributed by atoms with Gasteiger partial charge in [-0.05, 0) is 27.2 Å². The molecule has 6 nitrogen and oxygen atoms in total. The van der Waals surface area contributed by atoms with E-state index in [1.807, 2.05) is 27.0 Å². The molecule has 2 aromatic heterocycles. The fourth-order valence-corrected chi connectivity index (χ4v) is 2.87. The molecule has 0 spiro atoms. The molecule has 24 heavy (non-hydrogen) atoms.